The standard InChI is InChI=1S/C10H7N2O2.Pb/c13-8-6-9(14)12-10(11-8)7-4-2-1-3-5-7;/h1-5H,(H2,11,12,13,14);. The average Bonchev–Trinajstić information content (AvgIpc) is 2.26. The van der Waals surface area contributed by atoms with Crippen molar-refractivity contribution in [2.24, 2.45) is 0 Å². The van der Waals surface area contributed by atoms with Crippen LogP contribution >= 0.6 is 0 Å². The van der Waals surface area contributed by atoms with Gasteiger partial charge >= 0.3 is 102 Å². The Balaban J connectivity index is 2.61. The van der Waals surface area contributed by atoms with Crippen LogP contribution < -0.4 is 8.68 Å². The van der Waals surface area contributed by atoms with E-state index in [1.165, 1.54) is 0 Å². The van der Waals surface area contributed by atoms with E-state index in [1.807, 2.05) is 30.3 Å². The number of aromatic hydroxyl groups is 1. The van der Waals surface area contributed by atoms with Crippen LogP contribution in [0.2, 0.25) is 0 Å². The van der Waals surface area contributed by atoms with Crippen LogP contribution in [-0.2, 0) is 0 Å². The molecule has 15 heavy (non-hydrogen) atoms. The molecule has 5 heteroatoms. The van der Waals surface area contributed by atoms with E-state index in [4.69, 9.17) is 0 Å². The third-order valence-corrected chi connectivity index (χ3v) is 3.70. The van der Waals surface area contributed by atoms with Crippen molar-refractivity contribution in [3.8, 4) is 17.3 Å². The molecule has 0 saturated carbocycles. The zero-order valence-corrected chi connectivity index (χ0v) is 11.6. The summed E-state index contributed by atoms with van der Waals surface area (Å²) < 4.78 is 0.370. The van der Waals surface area contributed by atoms with E-state index in [0.29, 0.717) is 34.7 Å². The third-order valence-electron chi connectivity index (χ3n) is 1.95. The molecule has 0 bridgehead atoms. The maximum atomic E-state index is 11.4. The summed E-state index contributed by atoms with van der Waals surface area (Å²) in [6, 6.07) is 9.22. The second-order valence-electron chi connectivity index (χ2n) is 2.98. The molecule has 2 aromatic rings. The van der Waals surface area contributed by atoms with E-state index in [0.717, 1.165) is 5.56 Å². The fourth-order valence-electron chi connectivity index (χ4n) is 1.19. The number of aromatic amines is 1. The Morgan fingerprint density at radius 2 is 1.93 bits per heavy atom. The van der Waals surface area contributed by atoms with Gasteiger partial charge < -0.3 is 0 Å². The summed E-state index contributed by atoms with van der Waals surface area (Å²) in [5, 5.41) is 9.45. The first-order valence-corrected chi connectivity index (χ1v) is 6.23. The topological polar surface area (TPSA) is 66.0 Å². The summed E-state index contributed by atoms with van der Waals surface area (Å²) in [6.45, 7) is 0. The summed E-state index contributed by atoms with van der Waals surface area (Å²) >= 11 is 0.482. The summed E-state index contributed by atoms with van der Waals surface area (Å²) in [4.78, 5) is 18.0. The van der Waals surface area contributed by atoms with Gasteiger partial charge in [0.1, 0.15) is 0 Å². The molecule has 1 aromatic heterocycles. The molecule has 0 aliphatic rings. The Morgan fingerprint density at radius 1 is 1.27 bits per heavy atom. The number of benzene rings is 1. The molecule has 2 rings (SSSR count). The molecule has 0 unspecified atom stereocenters. The van der Waals surface area contributed by atoms with Crippen LogP contribution in [0.15, 0.2) is 35.1 Å². The van der Waals surface area contributed by atoms with Crippen LogP contribution in [0.3, 0.4) is 0 Å². The Kier molecular flexibility index (Phi) is 2.85. The van der Waals surface area contributed by atoms with Crippen molar-refractivity contribution in [2.75, 3.05) is 0 Å². The van der Waals surface area contributed by atoms with Gasteiger partial charge in [0.05, 0.1) is 0 Å². The molecule has 0 spiro atoms. The number of H-pyrrole nitrogens is 1. The molecule has 0 atom stereocenters. The van der Waals surface area contributed by atoms with Crippen molar-refractivity contribution < 1.29 is 5.11 Å². The molecule has 2 N–H and O–H groups in total. The van der Waals surface area contributed by atoms with Crippen LogP contribution in [0.4, 0.5) is 0 Å². The first-order chi connectivity index (χ1) is 7.18. The number of hydrogen-bond acceptors (Lipinski definition) is 3. The molecule has 1 aromatic carbocycles. The van der Waals surface area contributed by atoms with Gasteiger partial charge in [-0.25, -0.2) is 0 Å². The van der Waals surface area contributed by atoms with E-state index in [1.54, 1.807) is 0 Å². The van der Waals surface area contributed by atoms with Crippen LogP contribution in [0.25, 0.3) is 11.4 Å². The molecule has 0 saturated heterocycles. The second-order valence-corrected chi connectivity index (χ2v) is 4.92. The van der Waals surface area contributed by atoms with Gasteiger partial charge in [-0.15, -0.1) is 0 Å². The van der Waals surface area contributed by atoms with Gasteiger partial charge in [-0.1, -0.05) is 0 Å². The number of nitrogens with one attached hydrogen (secondary N) is 1. The van der Waals surface area contributed by atoms with E-state index in [2.05, 4.69) is 9.97 Å². The summed E-state index contributed by atoms with van der Waals surface area (Å²) in [6.07, 6.45) is 0. The monoisotopic (exact) mass is 395 g/mol. The Labute approximate surface area is 102 Å². The molecule has 0 aliphatic heterocycles. The van der Waals surface area contributed by atoms with Crippen molar-refractivity contribution in [3.63, 3.8) is 0 Å². The van der Waals surface area contributed by atoms with Gasteiger partial charge in [-0.05, 0) is 0 Å². The summed E-state index contributed by atoms with van der Waals surface area (Å²) in [7, 11) is 0. The zero-order chi connectivity index (χ0) is 10.8. The SMILES string of the molecule is O=c1[nH]c(-c2ccccc2)nc(O)[c]1[Pb]. The van der Waals surface area contributed by atoms with E-state index < -0.39 is 0 Å². The number of nitrogens with zero attached hydrogens (tertiary/aromatic N) is 1. The molecular formula is C10H7N2O2Pb. The molecular weight excluding hydrogens is 387 g/mol. The van der Waals surface area contributed by atoms with Gasteiger partial charge in [0.2, 0.25) is 0 Å². The molecule has 0 fully saturated rings. The van der Waals surface area contributed by atoms with Crippen molar-refractivity contribution in [1.29, 1.82) is 0 Å². The van der Waals surface area contributed by atoms with Crippen LogP contribution in [0.1, 0.15) is 0 Å². The summed E-state index contributed by atoms with van der Waals surface area (Å²) in [5.41, 5.74) is 0.527. The Hall–Kier alpha value is -1.18. The van der Waals surface area contributed by atoms with Crippen molar-refractivity contribution in [3.05, 3.63) is 40.7 Å². The minimum absolute atomic E-state index is 0.163. The predicted molar refractivity (Wildman–Crippen MR) is 57.3 cm³/mol. The predicted octanol–water partition coefficient (Wildman–Crippen LogP) is -0.0637. The van der Waals surface area contributed by atoms with Gasteiger partial charge in [0, 0.05) is 0 Å². The normalized spacial score (nSPS) is 10.2. The van der Waals surface area contributed by atoms with Crippen molar-refractivity contribution >= 4 is 28.9 Å². The van der Waals surface area contributed by atoms with Gasteiger partial charge in [0.15, 0.2) is 0 Å². The van der Waals surface area contributed by atoms with E-state index >= 15 is 0 Å². The van der Waals surface area contributed by atoms with Gasteiger partial charge in [-0.2, -0.15) is 0 Å². The second kappa shape index (κ2) is 4.13. The average molecular weight is 394 g/mol. The maximum absolute atomic E-state index is 11.4. The summed E-state index contributed by atoms with van der Waals surface area (Å²) in [5.74, 6) is 0.238. The Morgan fingerprint density at radius 3 is 2.53 bits per heavy atom. The Bertz CT molecular complexity index is 537. The number of rotatable bonds is 1. The van der Waals surface area contributed by atoms with Gasteiger partial charge in [0.25, 0.3) is 0 Å². The first kappa shape index (κ1) is 10.3. The van der Waals surface area contributed by atoms with Crippen LogP contribution in [0, 0.1) is 0 Å². The molecule has 4 nitrogen and oxygen atoms in total. The van der Waals surface area contributed by atoms with Gasteiger partial charge in [-0.3, -0.25) is 0 Å². The third kappa shape index (κ3) is 2.09. The quantitative estimate of drug-likeness (QED) is 0.666. The van der Waals surface area contributed by atoms with E-state index in [9.17, 15) is 9.90 Å². The van der Waals surface area contributed by atoms with Crippen molar-refractivity contribution in [1.82, 2.24) is 9.97 Å². The fraction of sp³-hybridized carbons (Fsp3) is 0. The molecule has 1 heterocycles. The first-order valence-electron chi connectivity index (χ1n) is 4.29. The molecule has 0 aliphatic carbocycles. The number of aromatic nitrogens is 2. The molecule has 0 amide bonds. The van der Waals surface area contributed by atoms with Crippen LogP contribution in [0.5, 0.6) is 5.88 Å². The molecule has 3 radical (unpaired) electrons. The van der Waals surface area contributed by atoms with E-state index in [-0.39, 0.29) is 11.4 Å². The number of hydrogen-bond donors (Lipinski definition) is 2. The fourth-order valence-corrected chi connectivity index (χ4v) is 1.65. The zero-order valence-electron chi connectivity index (χ0n) is 7.69. The minimum atomic E-state index is -0.256. The van der Waals surface area contributed by atoms with Crippen molar-refractivity contribution in [2.45, 2.75) is 0 Å². The van der Waals surface area contributed by atoms with Crippen LogP contribution in [-0.4, -0.2) is 40.8 Å². The molecule has 73 valence electrons.